The molecule has 2 amide bonds. The van der Waals surface area contributed by atoms with E-state index in [4.69, 9.17) is 0 Å². The van der Waals surface area contributed by atoms with E-state index in [9.17, 15) is 9.59 Å². The van der Waals surface area contributed by atoms with E-state index in [1.54, 1.807) is 4.90 Å². The number of carbonyl (C=O) groups excluding carboxylic acids is 2. The van der Waals surface area contributed by atoms with Gasteiger partial charge in [0.25, 0.3) is 5.91 Å². The van der Waals surface area contributed by atoms with E-state index < -0.39 is 0 Å². The number of H-pyrrole nitrogens is 1. The molecule has 0 bridgehead atoms. The Kier molecular flexibility index (Phi) is 5.18. The number of likely N-dealkylation sites (tertiary alicyclic amines) is 1. The lowest BCUT2D eigenvalue weighted by Crippen LogP contribution is -2.53. The second-order valence-corrected chi connectivity index (χ2v) is 6.81. The molecule has 2 aliphatic heterocycles. The highest BCUT2D eigenvalue weighted by Gasteiger charge is 2.38. The van der Waals surface area contributed by atoms with Crippen molar-refractivity contribution >= 4 is 11.8 Å². The molecule has 2 saturated heterocycles. The van der Waals surface area contributed by atoms with Crippen molar-refractivity contribution < 1.29 is 9.59 Å². The Balaban J connectivity index is 1.67. The van der Waals surface area contributed by atoms with Gasteiger partial charge in [0.05, 0.1) is 0 Å². The lowest BCUT2D eigenvalue weighted by atomic mass is 10.1. The van der Waals surface area contributed by atoms with Gasteiger partial charge in [-0.1, -0.05) is 13.3 Å². The van der Waals surface area contributed by atoms with Crippen molar-refractivity contribution in [3.05, 3.63) is 17.5 Å². The van der Waals surface area contributed by atoms with Gasteiger partial charge in [0, 0.05) is 38.4 Å². The molecular formula is C17H27N5O2. The average molecular weight is 333 g/mol. The molecule has 24 heavy (non-hydrogen) atoms. The highest BCUT2D eigenvalue weighted by molar-refractivity contribution is 5.96. The van der Waals surface area contributed by atoms with Crippen LogP contribution in [0.2, 0.25) is 0 Å². The Morgan fingerprint density at radius 3 is 2.71 bits per heavy atom. The minimum Gasteiger partial charge on any atom is -0.338 e. The van der Waals surface area contributed by atoms with Crippen LogP contribution in [0.4, 0.5) is 0 Å². The molecule has 7 nitrogen and oxygen atoms in total. The number of carbonyl (C=O) groups is 2. The van der Waals surface area contributed by atoms with Crippen LogP contribution >= 0.6 is 0 Å². The summed E-state index contributed by atoms with van der Waals surface area (Å²) in [4.78, 5) is 31.5. The van der Waals surface area contributed by atoms with Gasteiger partial charge in [-0.05, 0) is 32.4 Å². The summed E-state index contributed by atoms with van der Waals surface area (Å²) in [7, 11) is 2.07. The first-order chi connectivity index (χ1) is 11.6. The topological polar surface area (TPSA) is 72.5 Å². The number of hydrogen-bond donors (Lipinski definition) is 1. The second-order valence-electron chi connectivity index (χ2n) is 6.81. The maximum atomic E-state index is 12.8. The normalized spacial score (nSPS) is 22.2. The fraction of sp³-hybridized carbons (Fsp3) is 0.706. The van der Waals surface area contributed by atoms with Crippen LogP contribution in [0.15, 0.2) is 6.07 Å². The van der Waals surface area contributed by atoms with Gasteiger partial charge in [0.1, 0.15) is 11.7 Å². The minimum absolute atomic E-state index is 0.0956. The molecule has 0 spiro atoms. The summed E-state index contributed by atoms with van der Waals surface area (Å²) in [6, 6.07) is 1.49. The van der Waals surface area contributed by atoms with Crippen LogP contribution in [0, 0.1) is 0 Å². The van der Waals surface area contributed by atoms with Crippen molar-refractivity contribution in [1.29, 1.82) is 0 Å². The lowest BCUT2D eigenvalue weighted by Gasteiger charge is -2.35. The predicted octanol–water partition coefficient (Wildman–Crippen LogP) is 0.741. The van der Waals surface area contributed by atoms with Gasteiger partial charge in [-0.3, -0.25) is 14.7 Å². The predicted molar refractivity (Wildman–Crippen MR) is 90.7 cm³/mol. The summed E-state index contributed by atoms with van der Waals surface area (Å²) < 4.78 is 0. The van der Waals surface area contributed by atoms with Crippen molar-refractivity contribution in [3.8, 4) is 0 Å². The van der Waals surface area contributed by atoms with E-state index >= 15 is 0 Å². The van der Waals surface area contributed by atoms with E-state index in [1.807, 2.05) is 11.0 Å². The molecule has 0 aromatic carbocycles. The van der Waals surface area contributed by atoms with Crippen molar-refractivity contribution in [2.45, 2.75) is 38.6 Å². The smallest absolute Gasteiger partial charge is 0.275 e. The van der Waals surface area contributed by atoms with Crippen LogP contribution < -0.4 is 0 Å². The summed E-state index contributed by atoms with van der Waals surface area (Å²) >= 11 is 0. The molecule has 7 heteroatoms. The summed E-state index contributed by atoms with van der Waals surface area (Å²) in [5.74, 6) is -0.0307. The molecule has 1 aromatic rings. The number of amides is 2. The molecule has 1 N–H and O–H groups in total. The molecule has 2 aliphatic rings. The van der Waals surface area contributed by atoms with Crippen LogP contribution in [-0.2, 0) is 11.2 Å². The fourth-order valence-electron chi connectivity index (χ4n) is 3.52. The summed E-state index contributed by atoms with van der Waals surface area (Å²) in [6.07, 6.45) is 3.51. The molecule has 132 valence electrons. The molecule has 3 rings (SSSR count). The summed E-state index contributed by atoms with van der Waals surface area (Å²) in [6.45, 7) is 6.01. The number of aromatic nitrogens is 2. The third-order valence-corrected chi connectivity index (χ3v) is 4.98. The first-order valence-electron chi connectivity index (χ1n) is 8.92. The van der Waals surface area contributed by atoms with Crippen LogP contribution in [0.1, 0.15) is 42.4 Å². The maximum Gasteiger partial charge on any atom is 0.275 e. The van der Waals surface area contributed by atoms with E-state index in [0.717, 1.165) is 57.6 Å². The van der Waals surface area contributed by atoms with Crippen LogP contribution in [-0.4, -0.2) is 82.5 Å². The number of aromatic amines is 1. The number of rotatable bonds is 4. The molecule has 0 saturated carbocycles. The number of hydrogen-bond acceptors (Lipinski definition) is 4. The zero-order valence-corrected chi connectivity index (χ0v) is 14.6. The number of aryl methyl sites for hydroxylation is 1. The summed E-state index contributed by atoms with van der Waals surface area (Å²) in [5, 5.41) is 7.07. The van der Waals surface area contributed by atoms with Crippen molar-refractivity contribution in [2.75, 3.05) is 39.8 Å². The third-order valence-electron chi connectivity index (χ3n) is 4.98. The summed E-state index contributed by atoms with van der Waals surface area (Å²) in [5.41, 5.74) is 1.40. The SMILES string of the molecule is CCCc1cc(C(=O)N2CCCC2C(=O)N2CCN(C)CC2)n[nH]1. The number of nitrogens with zero attached hydrogens (tertiary/aromatic N) is 4. The van der Waals surface area contributed by atoms with Gasteiger partial charge in [-0.25, -0.2) is 0 Å². The Morgan fingerprint density at radius 2 is 2.00 bits per heavy atom. The zero-order valence-electron chi connectivity index (χ0n) is 14.6. The molecular weight excluding hydrogens is 306 g/mol. The first kappa shape index (κ1) is 17.0. The van der Waals surface area contributed by atoms with E-state index in [-0.39, 0.29) is 17.9 Å². The van der Waals surface area contributed by atoms with E-state index in [2.05, 4.69) is 29.1 Å². The van der Waals surface area contributed by atoms with E-state index in [1.165, 1.54) is 0 Å². The van der Waals surface area contributed by atoms with Gasteiger partial charge < -0.3 is 14.7 Å². The molecule has 1 atom stereocenters. The lowest BCUT2D eigenvalue weighted by molar-refractivity contribution is -0.136. The Labute approximate surface area is 143 Å². The highest BCUT2D eigenvalue weighted by Crippen LogP contribution is 2.22. The van der Waals surface area contributed by atoms with Gasteiger partial charge in [0.15, 0.2) is 0 Å². The average Bonchev–Trinajstić information content (AvgIpc) is 3.24. The van der Waals surface area contributed by atoms with Crippen LogP contribution in [0.25, 0.3) is 0 Å². The Hall–Kier alpha value is -1.89. The number of piperazine rings is 1. The molecule has 1 unspecified atom stereocenters. The number of nitrogens with one attached hydrogen (secondary N) is 1. The van der Waals surface area contributed by atoms with Crippen LogP contribution in [0.3, 0.4) is 0 Å². The van der Waals surface area contributed by atoms with Crippen molar-refractivity contribution in [1.82, 2.24) is 24.9 Å². The van der Waals surface area contributed by atoms with E-state index in [0.29, 0.717) is 12.2 Å². The molecule has 2 fully saturated rings. The highest BCUT2D eigenvalue weighted by atomic mass is 16.2. The first-order valence-corrected chi connectivity index (χ1v) is 8.92. The molecule has 1 aromatic heterocycles. The van der Waals surface area contributed by atoms with Gasteiger partial charge in [-0.2, -0.15) is 5.10 Å². The standard InChI is InChI=1S/C17H27N5O2/c1-3-5-13-12-14(19-18-13)16(23)22-7-4-6-15(22)17(24)21-10-8-20(2)9-11-21/h12,15H,3-11H2,1-2H3,(H,18,19). The minimum atomic E-state index is -0.327. The Morgan fingerprint density at radius 1 is 1.25 bits per heavy atom. The second kappa shape index (κ2) is 7.34. The zero-order chi connectivity index (χ0) is 17.1. The number of likely N-dealkylation sites (N-methyl/N-ethyl adjacent to an activating group) is 1. The van der Waals surface area contributed by atoms with Gasteiger partial charge in [-0.15, -0.1) is 0 Å². The molecule has 0 radical (unpaired) electrons. The fourth-order valence-corrected chi connectivity index (χ4v) is 3.52. The Bertz CT molecular complexity index is 592. The maximum absolute atomic E-state index is 12.8. The van der Waals surface area contributed by atoms with Crippen molar-refractivity contribution in [3.63, 3.8) is 0 Å². The largest absolute Gasteiger partial charge is 0.338 e. The molecule has 0 aliphatic carbocycles. The van der Waals surface area contributed by atoms with Gasteiger partial charge >= 0.3 is 0 Å². The monoisotopic (exact) mass is 333 g/mol. The molecule has 3 heterocycles. The van der Waals surface area contributed by atoms with Gasteiger partial charge in [0.2, 0.25) is 5.91 Å². The van der Waals surface area contributed by atoms with Crippen molar-refractivity contribution in [2.24, 2.45) is 0 Å². The third kappa shape index (κ3) is 3.45. The quantitative estimate of drug-likeness (QED) is 0.882. The van der Waals surface area contributed by atoms with Crippen LogP contribution in [0.5, 0.6) is 0 Å².